The van der Waals surface area contributed by atoms with Gasteiger partial charge in [-0.25, -0.2) is 8.78 Å². The number of hydrogen-bond donors (Lipinski definition) is 1. The zero-order valence-electron chi connectivity index (χ0n) is 13.6. The van der Waals surface area contributed by atoms with Gasteiger partial charge in [0.05, 0.1) is 25.2 Å². The van der Waals surface area contributed by atoms with Crippen LogP contribution in [-0.4, -0.2) is 35.2 Å². The number of β-amino-alcohol motifs (C(OH)–C–C–N with tert-alkyl or cyclic N) is 1. The summed E-state index contributed by atoms with van der Waals surface area (Å²) < 4.78 is 32.1. The lowest BCUT2D eigenvalue weighted by Gasteiger charge is -2.25. The molecule has 0 unspecified atom stereocenters. The van der Waals surface area contributed by atoms with Crippen molar-refractivity contribution in [3.05, 3.63) is 65.7 Å². The third kappa shape index (κ3) is 4.14. The number of carbonyl (C=O) groups excluding carboxylic acids is 1. The van der Waals surface area contributed by atoms with Crippen molar-refractivity contribution in [2.75, 3.05) is 13.2 Å². The van der Waals surface area contributed by atoms with E-state index in [1.165, 1.54) is 11.0 Å². The van der Waals surface area contributed by atoms with Gasteiger partial charge in [-0.1, -0.05) is 24.3 Å². The molecule has 0 saturated carbocycles. The number of aliphatic hydroxyl groups excluding tert-OH is 1. The first-order valence-corrected chi connectivity index (χ1v) is 8.15. The first-order valence-electron chi connectivity index (χ1n) is 8.15. The Kier molecular flexibility index (Phi) is 5.28. The van der Waals surface area contributed by atoms with Crippen LogP contribution in [-0.2, 0) is 4.79 Å². The smallest absolute Gasteiger partial charge is 0.226 e. The van der Waals surface area contributed by atoms with E-state index in [1.54, 1.807) is 12.1 Å². The minimum Gasteiger partial charge on any atom is -0.493 e. The number of carbonyl (C=O) groups is 1. The van der Waals surface area contributed by atoms with E-state index < -0.39 is 23.8 Å². The number of ether oxygens (including phenoxy) is 1. The fourth-order valence-electron chi connectivity index (χ4n) is 3.04. The summed E-state index contributed by atoms with van der Waals surface area (Å²) in [5, 5.41) is 9.91. The molecule has 3 rings (SSSR count). The molecule has 2 aromatic carbocycles. The molecule has 0 spiro atoms. The summed E-state index contributed by atoms with van der Waals surface area (Å²) in [5.74, 6) is -1.41. The molecule has 0 aliphatic carbocycles. The van der Waals surface area contributed by atoms with Gasteiger partial charge in [0.15, 0.2) is 11.6 Å². The molecule has 1 aliphatic heterocycles. The number of halogens is 2. The van der Waals surface area contributed by atoms with Gasteiger partial charge in [-0.15, -0.1) is 0 Å². The van der Waals surface area contributed by atoms with Crippen LogP contribution in [0, 0.1) is 11.6 Å². The SMILES string of the molecule is O=C(CCOc1ccccc1)N1C[C@@H](O)C[C@H]1c1ccc(F)c(F)c1. The average Bonchev–Trinajstić information content (AvgIpc) is 3.00. The van der Waals surface area contributed by atoms with Gasteiger partial charge >= 0.3 is 0 Å². The van der Waals surface area contributed by atoms with Crippen molar-refractivity contribution >= 4 is 5.91 Å². The van der Waals surface area contributed by atoms with Crippen molar-refractivity contribution in [1.29, 1.82) is 0 Å². The van der Waals surface area contributed by atoms with Crippen molar-refractivity contribution in [2.24, 2.45) is 0 Å². The quantitative estimate of drug-likeness (QED) is 0.904. The first kappa shape index (κ1) is 17.4. The standard InChI is InChI=1S/C19H19F2NO3/c20-16-7-6-13(10-17(16)21)18-11-14(23)12-22(18)19(24)8-9-25-15-4-2-1-3-5-15/h1-7,10,14,18,23H,8-9,11-12H2/t14-,18-/m0/s1. The summed E-state index contributed by atoms with van der Waals surface area (Å²) in [6, 6.07) is 12.3. The zero-order valence-corrected chi connectivity index (χ0v) is 13.6. The summed E-state index contributed by atoms with van der Waals surface area (Å²) in [5.41, 5.74) is 0.479. The highest BCUT2D eigenvalue weighted by atomic mass is 19.2. The Balaban J connectivity index is 1.64. The number of benzene rings is 2. The van der Waals surface area contributed by atoms with Gasteiger partial charge in [-0.2, -0.15) is 0 Å². The van der Waals surface area contributed by atoms with Gasteiger partial charge < -0.3 is 14.7 Å². The Morgan fingerprint density at radius 1 is 1.16 bits per heavy atom. The normalized spacial score (nSPS) is 19.9. The van der Waals surface area contributed by atoms with Crippen molar-refractivity contribution < 1.29 is 23.4 Å². The second-order valence-electron chi connectivity index (χ2n) is 6.04. The summed E-state index contributed by atoms with van der Waals surface area (Å²) in [7, 11) is 0. The Morgan fingerprint density at radius 2 is 1.92 bits per heavy atom. The van der Waals surface area contributed by atoms with Gasteiger partial charge in [-0.3, -0.25) is 4.79 Å². The second kappa shape index (κ2) is 7.61. The molecule has 1 aliphatic rings. The molecule has 2 atom stereocenters. The van der Waals surface area contributed by atoms with Gasteiger partial charge in [0.25, 0.3) is 0 Å². The monoisotopic (exact) mass is 347 g/mol. The number of rotatable bonds is 5. The predicted molar refractivity (Wildman–Crippen MR) is 88.0 cm³/mol. The highest BCUT2D eigenvalue weighted by Crippen LogP contribution is 2.33. The predicted octanol–water partition coefficient (Wildman–Crippen LogP) is 3.07. The molecule has 0 radical (unpaired) electrons. The highest BCUT2D eigenvalue weighted by molar-refractivity contribution is 5.77. The lowest BCUT2D eigenvalue weighted by molar-refractivity contribution is -0.133. The van der Waals surface area contributed by atoms with E-state index >= 15 is 0 Å². The van der Waals surface area contributed by atoms with Crippen molar-refractivity contribution in [3.63, 3.8) is 0 Å². The first-order chi connectivity index (χ1) is 12.0. The van der Waals surface area contributed by atoms with Gasteiger partial charge in [0, 0.05) is 6.54 Å². The Morgan fingerprint density at radius 3 is 2.64 bits per heavy atom. The van der Waals surface area contributed by atoms with Crippen LogP contribution < -0.4 is 4.74 Å². The number of para-hydroxylation sites is 1. The second-order valence-corrected chi connectivity index (χ2v) is 6.04. The maximum atomic E-state index is 13.5. The summed E-state index contributed by atoms with van der Waals surface area (Å²) in [6.45, 7) is 0.383. The van der Waals surface area contributed by atoms with E-state index in [0.29, 0.717) is 17.7 Å². The Hall–Kier alpha value is -2.47. The molecule has 132 valence electrons. The molecular formula is C19H19F2NO3. The third-order valence-corrected chi connectivity index (χ3v) is 4.26. The number of hydrogen-bond acceptors (Lipinski definition) is 3. The van der Waals surface area contributed by atoms with Crippen molar-refractivity contribution in [1.82, 2.24) is 4.90 Å². The molecule has 1 heterocycles. The molecule has 2 aromatic rings. The van der Waals surface area contributed by atoms with E-state index in [1.807, 2.05) is 18.2 Å². The summed E-state index contributed by atoms with van der Waals surface area (Å²) in [4.78, 5) is 14.0. The Bertz CT molecular complexity index is 739. The molecule has 0 bridgehead atoms. The number of likely N-dealkylation sites (tertiary alicyclic amines) is 1. The fourth-order valence-corrected chi connectivity index (χ4v) is 3.04. The minimum atomic E-state index is -0.960. The van der Waals surface area contributed by atoms with Crippen LogP contribution in [0.4, 0.5) is 8.78 Å². The van der Waals surface area contributed by atoms with Crippen LogP contribution >= 0.6 is 0 Å². The molecule has 1 fully saturated rings. The average molecular weight is 347 g/mol. The minimum absolute atomic E-state index is 0.141. The number of aliphatic hydroxyl groups is 1. The molecule has 4 nitrogen and oxygen atoms in total. The van der Waals surface area contributed by atoms with Crippen LogP contribution in [0.3, 0.4) is 0 Å². The number of amides is 1. The fraction of sp³-hybridized carbons (Fsp3) is 0.316. The van der Waals surface area contributed by atoms with E-state index in [2.05, 4.69) is 0 Å². The number of nitrogens with zero attached hydrogens (tertiary/aromatic N) is 1. The third-order valence-electron chi connectivity index (χ3n) is 4.26. The van der Waals surface area contributed by atoms with Crippen molar-refractivity contribution in [2.45, 2.75) is 25.0 Å². The zero-order chi connectivity index (χ0) is 17.8. The van der Waals surface area contributed by atoms with Gasteiger partial charge in [0.1, 0.15) is 5.75 Å². The maximum absolute atomic E-state index is 13.5. The van der Waals surface area contributed by atoms with Crippen LogP contribution in [0.5, 0.6) is 5.75 Å². The van der Waals surface area contributed by atoms with Gasteiger partial charge in [-0.05, 0) is 36.2 Å². The van der Waals surface area contributed by atoms with E-state index in [0.717, 1.165) is 12.1 Å². The van der Waals surface area contributed by atoms with E-state index in [9.17, 15) is 18.7 Å². The van der Waals surface area contributed by atoms with Crippen LogP contribution in [0.1, 0.15) is 24.4 Å². The molecule has 1 saturated heterocycles. The molecule has 25 heavy (non-hydrogen) atoms. The largest absolute Gasteiger partial charge is 0.493 e. The lowest BCUT2D eigenvalue weighted by atomic mass is 10.0. The van der Waals surface area contributed by atoms with Crippen LogP contribution in [0.2, 0.25) is 0 Å². The van der Waals surface area contributed by atoms with Crippen LogP contribution in [0.15, 0.2) is 48.5 Å². The summed E-state index contributed by atoms with van der Waals surface area (Å²) in [6.07, 6.45) is -0.241. The van der Waals surface area contributed by atoms with E-state index in [4.69, 9.17) is 4.74 Å². The summed E-state index contributed by atoms with van der Waals surface area (Å²) >= 11 is 0. The molecule has 6 heteroatoms. The van der Waals surface area contributed by atoms with Gasteiger partial charge in [0.2, 0.25) is 5.91 Å². The van der Waals surface area contributed by atoms with Crippen molar-refractivity contribution in [3.8, 4) is 5.75 Å². The topological polar surface area (TPSA) is 49.8 Å². The lowest BCUT2D eigenvalue weighted by Crippen LogP contribution is -2.32. The molecular weight excluding hydrogens is 328 g/mol. The molecule has 1 amide bonds. The Labute approximate surface area is 144 Å². The van der Waals surface area contributed by atoms with Crippen LogP contribution in [0.25, 0.3) is 0 Å². The maximum Gasteiger partial charge on any atom is 0.226 e. The molecule has 1 N–H and O–H groups in total. The molecule has 0 aromatic heterocycles. The van der Waals surface area contributed by atoms with E-state index in [-0.39, 0.29) is 25.5 Å². The highest BCUT2D eigenvalue weighted by Gasteiger charge is 2.35.